The molecule has 0 amide bonds. The molecule has 0 bridgehead atoms. The highest BCUT2D eigenvalue weighted by atomic mass is 15.3. The number of nitrogens with one attached hydrogen (secondary N) is 1. The first kappa shape index (κ1) is 11.2. The molecule has 92 valence electrons. The van der Waals surface area contributed by atoms with Gasteiger partial charge in [-0.2, -0.15) is 0 Å². The fraction of sp³-hybridized carbons (Fsp3) is 0.571. The van der Waals surface area contributed by atoms with Gasteiger partial charge in [-0.1, -0.05) is 30.3 Å². The Labute approximate surface area is 103 Å². The second kappa shape index (κ2) is 4.77. The van der Waals surface area contributed by atoms with Crippen molar-refractivity contribution in [2.45, 2.75) is 18.6 Å². The van der Waals surface area contributed by atoms with Crippen LogP contribution in [-0.4, -0.2) is 55.1 Å². The summed E-state index contributed by atoms with van der Waals surface area (Å²) in [6, 6.07) is 12.1. The molecule has 2 saturated heterocycles. The first-order valence-corrected chi connectivity index (χ1v) is 6.53. The maximum atomic E-state index is 3.64. The SMILES string of the molecule is CN1CCN[C@H]2CN(Cc3ccccc3)C[C@H]21. The minimum Gasteiger partial charge on any atom is -0.310 e. The Morgan fingerprint density at radius 2 is 2.06 bits per heavy atom. The molecule has 2 atom stereocenters. The molecule has 3 nitrogen and oxygen atoms in total. The fourth-order valence-electron chi connectivity index (χ4n) is 3.08. The van der Waals surface area contributed by atoms with E-state index < -0.39 is 0 Å². The molecule has 3 heteroatoms. The highest BCUT2D eigenvalue weighted by Crippen LogP contribution is 2.19. The molecular formula is C14H21N3. The number of hydrogen-bond donors (Lipinski definition) is 1. The molecule has 17 heavy (non-hydrogen) atoms. The third-order valence-corrected chi connectivity index (χ3v) is 4.05. The van der Waals surface area contributed by atoms with Crippen molar-refractivity contribution in [1.82, 2.24) is 15.1 Å². The Morgan fingerprint density at radius 1 is 1.24 bits per heavy atom. The van der Waals surface area contributed by atoms with Gasteiger partial charge >= 0.3 is 0 Å². The van der Waals surface area contributed by atoms with E-state index >= 15 is 0 Å². The van der Waals surface area contributed by atoms with Gasteiger partial charge in [-0.3, -0.25) is 9.80 Å². The largest absolute Gasteiger partial charge is 0.310 e. The zero-order chi connectivity index (χ0) is 11.7. The lowest BCUT2D eigenvalue weighted by atomic mass is 10.1. The quantitative estimate of drug-likeness (QED) is 0.811. The molecule has 0 radical (unpaired) electrons. The second-order valence-electron chi connectivity index (χ2n) is 5.29. The van der Waals surface area contributed by atoms with Crippen molar-refractivity contribution in [3.63, 3.8) is 0 Å². The Hall–Kier alpha value is -0.900. The third-order valence-electron chi connectivity index (χ3n) is 4.05. The molecule has 1 aromatic rings. The van der Waals surface area contributed by atoms with Gasteiger partial charge in [-0.25, -0.2) is 0 Å². The van der Waals surface area contributed by atoms with E-state index in [1.54, 1.807) is 0 Å². The van der Waals surface area contributed by atoms with Gasteiger partial charge in [0.25, 0.3) is 0 Å². The van der Waals surface area contributed by atoms with Crippen molar-refractivity contribution in [3.8, 4) is 0 Å². The summed E-state index contributed by atoms with van der Waals surface area (Å²) < 4.78 is 0. The number of likely N-dealkylation sites (tertiary alicyclic amines) is 1. The van der Waals surface area contributed by atoms with Gasteiger partial charge < -0.3 is 5.32 Å². The molecule has 2 heterocycles. The number of benzene rings is 1. The summed E-state index contributed by atoms with van der Waals surface area (Å²) in [5, 5.41) is 3.64. The van der Waals surface area contributed by atoms with Gasteiger partial charge in [0.15, 0.2) is 0 Å². The molecule has 1 aromatic carbocycles. The van der Waals surface area contributed by atoms with E-state index in [2.05, 4.69) is 52.5 Å². The molecule has 2 fully saturated rings. The smallest absolute Gasteiger partial charge is 0.0386 e. The van der Waals surface area contributed by atoms with Crippen molar-refractivity contribution in [2.75, 3.05) is 33.2 Å². The first-order chi connectivity index (χ1) is 8.33. The van der Waals surface area contributed by atoms with E-state index in [0.29, 0.717) is 12.1 Å². The molecule has 0 unspecified atom stereocenters. The van der Waals surface area contributed by atoms with Crippen LogP contribution in [0.5, 0.6) is 0 Å². The van der Waals surface area contributed by atoms with E-state index in [4.69, 9.17) is 0 Å². The summed E-state index contributed by atoms with van der Waals surface area (Å²) in [6.07, 6.45) is 0. The van der Waals surface area contributed by atoms with Crippen molar-refractivity contribution in [3.05, 3.63) is 35.9 Å². The zero-order valence-electron chi connectivity index (χ0n) is 10.5. The molecule has 0 saturated carbocycles. The third kappa shape index (κ3) is 2.37. The summed E-state index contributed by atoms with van der Waals surface area (Å²) in [5.41, 5.74) is 1.42. The van der Waals surface area contributed by atoms with Crippen LogP contribution in [0.2, 0.25) is 0 Å². The van der Waals surface area contributed by atoms with E-state index in [1.807, 2.05) is 0 Å². The number of nitrogens with zero attached hydrogens (tertiary/aromatic N) is 2. The van der Waals surface area contributed by atoms with Gasteiger partial charge in [0, 0.05) is 44.8 Å². The van der Waals surface area contributed by atoms with E-state index in [9.17, 15) is 0 Å². The van der Waals surface area contributed by atoms with Crippen LogP contribution in [0.1, 0.15) is 5.56 Å². The van der Waals surface area contributed by atoms with Crippen LogP contribution in [0.25, 0.3) is 0 Å². The predicted molar refractivity (Wildman–Crippen MR) is 69.9 cm³/mol. The lowest BCUT2D eigenvalue weighted by Gasteiger charge is -2.34. The first-order valence-electron chi connectivity index (χ1n) is 6.53. The van der Waals surface area contributed by atoms with Crippen LogP contribution in [-0.2, 0) is 6.54 Å². The monoisotopic (exact) mass is 231 g/mol. The van der Waals surface area contributed by atoms with Crippen molar-refractivity contribution in [1.29, 1.82) is 0 Å². The maximum Gasteiger partial charge on any atom is 0.0386 e. The van der Waals surface area contributed by atoms with Crippen molar-refractivity contribution in [2.24, 2.45) is 0 Å². The standard InChI is InChI=1S/C14H21N3/c1-16-8-7-15-13-10-17(11-14(13)16)9-12-5-3-2-4-6-12/h2-6,13-15H,7-11H2,1H3/t13-,14+/m0/s1. The Kier molecular flexibility index (Phi) is 3.14. The normalized spacial score (nSPS) is 30.4. The van der Waals surface area contributed by atoms with E-state index in [1.165, 1.54) is 25.2 Å². The van der Waals surface area contributed by atoms with Crippen LogP contribution in [0, 0.1) is 0 Å². The van der Waals surface area contributed by atoms with Crippen LogP contribution in [0.3, 0.4) is 0 Å². The number of rotatable bonds is 2. The summed E-state index contributed by atoms with van der Waals surface area (Å²) in [7, 11) is 2.25. The van der Waals surface area contributed by atoms with Crippen molar-refractivity contribution < 1.29 is 0 Å². The second-order valence-corrected chi connectivity index (χ2v) is 5.29. The predicted octanol–water partition coefficient (Wildman–Crippen LogP) is 0.774. The van der Waals surface area contributed by atoms with Gasteiger partial charge in [0.2, 0.25) is 0 Å². The highest BCUT2D eigenvalue weighted by Gasteiger charge is 2.36. The average molecular weight is 231 g/mol. The van der Waals surface area contributed by atoms with Crippen LogP contribution < -0.4 is 5.32 Å². The summed E-state index contributed by atoms with van der Waals surface area (Å²) in [5.74, 6) is 0. The van der Waals surface area contributed by atoms with Gasteiger partial charge in [0.05, 0.1) is 0 Å². The number of piperazine rings is 1. The number of hydrogen-bond acceptors (Lipinski definition) is 3. The minimum absolute atomic E-state index is 0.664. The molecule has 0 aliphatic carbocycles. The van der Waals surface area contributed by atoms with Crippen molar-refractivity contribution >= 4 is 0 Å². The number of likely N-dealkylation sites (N-methyl/N-ethyl adjacent to an activating group) is 1. The maximum absolute atomic E-state index is 3.64. The molecular weight excluding hydrogens is 210 g/mol. The number of fused-ring (bicyclic) bond motifs is 1. The molecule has 2 aliphatic rings. The minimum atomic E-state index is 0.664. The summed E-state index contributed by atoms with van der Waals surface area (Å²) in [4.78, 5) is 5.08. The lowest BCUT2D eigenvalue weighted by Crippen LogP contribution is -2.55. The van der Waals surface area contributed by atoms with E-state index in [0.717, 1.165) is 13.1 Å². The average Bonchev–Trinajstić information content (AvgIpc) is 2.74. The summed E-state index contributed by atoms with van der Waals surface area (Å²) >= 11 is 0. The Balaban J connectivity index is 1.64. The summed E-state index contributed by atoms with van der Waals surface area (Å²) in [6.45, 7) is 5.79. The van der Waals surface area contributed by atoms with Crippen LogP contribution in [0.4, 0.5) is 0 Å². The molecule has 1 N–H and O–H groups in total. The Morgan fingerprint density at radius 3 is 2.82 bits per heavy atom. The molecule has 0 aromatic heterocycles. The van der Waals surface area contributed by atoms with Gasteiger partial charge in [-0.05, 0) is 12.6 Å². The topological polar surface area (TPSA) is 18.5 Å². The molecule has 3 rings (SSSR count). The van der Waals surface area contributed by atoms with Crippen LogP contribution >= 0.6 is 0 Å². The molecule has 0 spiro atoms. The van der Waals surface area contributed by atoms with Gasteiger partial charge in [-0.15, -0.1) is 0 Å². The zero-order valence-corrected chi connectivity index (χ0v) is 10.5. The Bertz CT molecular complexity index is 365. The highest BCUT2D eigenvalue weighted by molar-refractivity contribution is 5.15. The van der Waals surface area contributed by atoms with Gasteiger partial charge in [0.1, 0.15) is 0 Å². The lowest BCUT2D eigenvalue weighted by molar-refractivity contribution is 0.179. The van der Waals surface area contributed by atoms with Crippen LogP contribution in [0.15, 0.2) is 30.3 Å². The van der Waals surface area contributed by atoms with E-state index in [-0.39, 0.29) is 0 Å². The fourth-order valence-corrected chi connectivity index (χ4v) is 3.08. The molecule has 2 aliphatic heterocycles.